The van der Waals surface area contributed by atoms with E-state index in [4.69, 9.17) is 30.1 Å². The maximum absolute atomic E-state index is 13.0. The van der Waals surface area contributed by atoms with E-state index < -0.39 is 26.2 Å². The van der Waals surface area contributed by atoms with Gasteiger partial charge in [0.1, 0.15) is 0 Å². The molecular formula is C26H32ClN5O7S. The van der Waals surface area contributed by atoms with Crippen molar-refractivity contribution in [2.75, 3.05) is 5.32 Å². The monoisotopic (exact) mass is 593 g/mol. The number of carbonyl (C=O) groups is 1. The Labute approximate surface area is 235 Å². The van der Waals surface area contributed by atoms with Crippen molar-refractivity contribution in [3.05, 3.63) is 78.1 Å². The average molecular weight is 594 g/mol. The molecule has 0 unspecified atom stereocenters. The highest BCUT2D eigenvalue weighted by molar-refractivity contribution is 7.90. The summed E-state index contributed by atoms with van der Waals surface area (Å²) in [5.74, 6) is -0.736. The van der Waals surface area contributed by atoms with E-state index in [-0.39, 0.29) is 17.3 Å². The van der Waals surface area contributed by atoms with Gasteiger partial charge in [-0.25, -0.2) is 18.6 Å². The van der Waals surface area contributed by atoms with E-state index in [9.17, 15) is 13.2 Å². The molecule has 1 heterocycles. The van der Waals surface area contributed by atoms with Gasteiger partial charge in [-0.1, -0.05) is 44.2 Å². The molecule has 1 amide bonds. The van der Waals surface area contributed by atoms with E-state index in [0.29, 0.717) is 5.69 Å². The summed E-state index contributed by atoms with van der Waals surface area (Å²) < 4.78 is 63.5. The van der Waals surface area contributed by atoms with Gasteiger partial charge in [0.05, 0.1) is 4.90 Å². The van der Waals surface area contributed by atoms with E-state index >= 15 is 0 Å². The second-order valence-electron chi connectivity index (χ2n) is 8.62. The molecule has 0 saturated carbocycles. The zero-order valence-electron chi connectivity index (χ0n) is 22.1. The zero-order valence-corrected chi connectivity index (χ0v) is 23.7. The molecule has 0 aliphatic heterocycles. The van der Waals surface area contributed by atoms with Gasteiger partial charge in [-0.2, -0.15) is 13.0 Å². The largest absolute Gasteiger partial charge is 0.369 e. The fourth-order valence-electron chi connectivity index (χ4n) is 3.91. The van der Waals surface area contributed by atoms with Crippen molar-refractivity contribution in [3.63, 3.8) is 0 Å². The minimum atomic E-state index is -4.94. The Morgan fingerprint density at radius 1 is 0.875 bits per heavy atom. The quantitative estimate of drug-likeness (QED) is 0.139. The van der Waals surface area contributed by atoms with Crippen LogP contribution in [0.5, 0.6) is 0 Å². The van der Waals surface area contributed by atoms with Crippen molar-refractivity contribution >= 4 is 27.6 Å². The van der Waals surface area contributed by atoms with Gasteiger partial charge in [-0.05, 0) is 48.2 Å². The fourth-order valence-corrected chi connectivity index (χ4v) is 4.78. The van der Waals surface area contributed by atoms with Crippen molar-refractivity contribution in [2.24, 2.45) is 15.9 Å². The molecule has 1 aromatic heterocycles. The molecule has 216 valence electrons. The fraction of sp³-hybridized carbons (Fsp3) is 0.269. The summed E-state index contributed by atoms with van der Waals surface area (Å²) in [6.45, 7) is 4.40. The summed E-state index contributed by atoms with van der Waals surface area (Å²) in [5.41, 5.74) is 15.3. The van der Waals surface area contributed by atoms with Crippen LogP contribution in [-0.4, -0.2) is 20.3 Å². The second-order valence-corrected chi connectivity index (χ2v) is 11.0. The number of hydrogen-bond acceptors (Lipinski definition) is 7. The van der Waals surface area contributed by atoms with Gasteiger partial charge >= 0.3 is 0 Å². The predicted molar refractivity (Wildman–Crippen MR) is 138 cm³/mol. The molecular weight excluding hydrogens is 562 g/mol. The van der Waals surface area contributed by atoms with E-state index in [0.717, 1.165) is 48.2 Å². The third-order valence-electron chi connectivity index (χ3n) is 5.42. The summed E-state index contributed by atoms with van der Waals surface area (Å²) in [6, 6.07) is 20.3. The normalized spacial score (nSPS) is 11.2. The van der Waals surface area contributed by atoms with E-state index in [1.807, 2.05) is 18.2 Å². The number of nitrogens with zero attached hydrogens (tertiary/aromatic N) is 2. The Balaban J connectivity index is 0.00000103. The Bertz CT molecular complexity index is 1370. The third kappa shape index (κ3) is 10.9. The zero-order chi connectivity index (χ0) is 29.9. The lowest BCUT2D eigenvalue weighted by Gasteiger charge is -2.17. The number of carbonyl (C=O) groups excluding carboxylic acids is 1. The minimum absolute atomic E-state index is 0.0646. The molecule has 0 saturated heterocycles. The predicted octanol–water partition coefficient (Wildman–Crippen LogP) is -1.61. The summed E-state index contributed by atoms with van der Waals surface area (Å²) in [5, 5.41) is 2.86. The van der Waals surface area contributed by atoms with Gasteiger partial charge in [0.2, 0.25) is 12.5 Å². The average Bonchev–Trinajstić information content (AvgIpc) is 2.85. The van der Waals surface area contributed by atoms with Gasteiger partial charge in [-0.15, -0.1) is 14.6 Å². The highest BCUT2D eigenvalue weighted by Crippen LogP contribution is 2.22. The van der Waals surface area contributed by atoms with Crippen LogP contribution in [-0.2, 0) is 34.2 Å². The molecule has 0 spiro atoms. The van der Waals surface area contributed by atoms with E-state index in [1.54, 1.807) is 0 Å². The highest BCUT2D eigenvalue weighted by Gasteiger charge is 2.22. The van der Waals surface area contributed by atoms with Crippen LogP contribution in [0.3, 0.4) is 0 Å². The number of aryl methyl sites for hydroxylation is 2. The van der Waals surface area contributed by atoms with Crippen LogP contribution in [0.1, 0.15) is 38.1 Å². The number of nitrogens with two attached hydrogens (primary N) is 2. The summed E-state index contributed by atoms with van der Waals surface area (Å²) in [4.78, 5) is 12.9. The van der Waals surface area contributed by atoms with Crippen LogP contribution < -0.4 is 40.0 Å². The highest BCUT2D eigenvalue weighted by atomic mass is 35.7. The number of amides is 1. The van der Waals surface area contributed by atoms with Crippen molar-refractivity contribution in [2.45, 2.75) is 51.0 Å². The number of guanidine groups is 1. The van der Waals surface area contributed by atoms with Crippen LogP contribution >= 0.6 is 0 Å². The van der Waals surface area contributed by atoms with Crippen molar-refractivity contribution in [1.29, 1.82) is 0 Å². The van der Waals surface area contributed by atoms with Crippen LogP contribution in [0, 0.1) is 10.2 Å². The van der Waals surface area contributed by atoms with Gasteiger partial charge in [0.25, 0.3) is 15.9 Å². The molecule has 40 heavy (non-hydrogen) atoms. The smallest absolute Gasteiger partial charge is 0.290 e. The number of benzene rings is 2. The third-order valence-corrected chi connectivity index (χ3v) is 6.74. The van der Waals surface area contributed by atoms with Crippen molar-refractivity contribution < 1.29 is 46.7 Å². The summed E-state index contributed by atoms with van der Waals surface area (Å²) >= 11 is 0. The Morgan fingerprint density at radius 2 is 1.38 bits per heavy atom. The number of pyridine rings is 1. The summed E-state index contributed by atoms with van der Waals surface area (Å²) in [6.07, 6.45) is 3.61. The van der Waals surface area contributed by atoms with Crippen LogP contribution in [0.15, 0.2) is 76.0 Å². The first-order valence-electron chi connectivity index (χ1n) is 12.2. The van der Waals surface area contributed by atoms with Crippen molar-refractivity contribution in [1.82, 2.24) is 0 Å². The SMILES string of the molecule is CCCc1cc(-c2ccccc2)cc(CCC)[n+]1CC(=O)Nc1ccc(S(=O)(=O)N=C(N)N)cc1.[O-][Cl+3]([O-])([O-])[O-]. The number of hydrogen-bond donors (Lipinski definition) is 3. The molecule has 0 aliphatic carbocycles. The van der Waals surface area contributed by atoms with Gasteiger partial charge < -0.3 is 16.8 Å². The molecule has 5 N–H and O–H groups in total. The lowest BCUT2D eigenvalue weighted by molar-refractivity contribution is -2.00. The Kier molecular flexibility index (Phi) is 12.0. The number of anilines is 1. The van der Waals surface area contributed by atoms with Crippen molar-refractivity contribution in [3.8, 4) is 11.1 Å². The molecule has 0 fully saturated rings. The maximum Gasteiger partial charge on any atom is 0.290 e. The molecule has 0 bridgehead atoms. The standard InChI is InChI=1S/C26H31N5O3S.ClHO4/c1-3-8-22-16-20(19-10-6-5-7-11-19)17-23(9-4-2)31(22)18-25(32)29-21-12-14-24(15-13-21)35(33,34)30-26(27)28;2-1(3,4)5/h5-7,10-17H,3-4,8-9,18H2,1-2H3,(H4-,27,28,29,30,32);(H,2,3,4,5). The second kappa shape index (κ2) is 14.7. The molecule has 0 aliphatic rings. The van der Waals surface area contributed by atoms with Crippen LogP contribution in [0.25, 0.3) is 11.1 Å². The van der Waals surface area contributed by atoms with Gasteiger partial charge in [0, 0.05) is 30.7 Å². The molecule has 0 atom stereocenters. The molecule has 3 rings (SSSR count). The van der Waals surface area contributed by atoms with E-state index in [2.05, 4.69) is 52.4 Å². The topological polar surface area (TPSA) is 224 Å². The lowest BCUT2D eigenvalue weighted by atomic mass is 10.0. The number of sulfonamides is 1. The number of rotatable bonds is 10. The Morgan fingerprint density at radius 3 is 1.82 bits per heavy atom. The first kappa shape index (κ1) is 32.6. The molecule has 3 aromatic rings. The molecule has 0 radical (unpaired) electrons. The van der Waals surface area contributed by atoms with E-state index in [1.165, 1.54) is 24.3 Å². The van der Waals surface area contributed by atoms with Gasteiger partial charge in [0.15, 0.2) is 11.4 Å². The number of nitrogens with one attached hydrogen (secondary N) is 1. The number of aromatic nitrogens is 1. The Hall–Kier alpha value is -3.59. The van der Waals surface area contributed by atoms with Crippen LogP contribution in [0.2, 0.25) is 0 Å². The minimum Gasteiger partial charge on any atom is -0.369 e. The lowest BCUT2D eigenvalue weighted by Crippen LogP contribution is -2.68. The van der Waals surface area contributed by atoms with Gasteiger partial charge in [-0.3, -0.25) is 4.79 Å². The molecule has 12 nitrogen and oxygen atoms in total. The first-order chi connectivity index (χ1) is 18.7. The summed E-state index contributed by atoms with van der Waals surface area (Å²) in [7, 11) is -8.93. The molecule has 2 aromatic carbocycles. The van der Waals surface area contributed by atoms with Crippen LogP contribution in [0.4, 0.5) is 5.69 Å². The first-order valence-corrected chi connectivity index (χ1v) is 14.9. The maximum atomic E-state index is 13.0. The molecule has 14 heteroatoms. The number of halogens is 1.